The van der Waals surface area contributed by atoms with Gasteiger partial charge in [0.1, 0.15) is 0 Å². The first-order chi connectivity index (χ1) is 6.88. The van der Waals surface area contributed by atoms with Gasteiger partial charge >= 0.3 is 0 Å². The van der Waals surface area contributed by atoms with Crippen molar-refractivity contribution in [2.75, 3.05) is 6.54 Å². The van der Waals surface area contributed by atoms with Crippen LogP contribution in [0.5, 0.6) is 0 Å². The summed E-state index contributed by atoms with van der Waals surface area (Å²) >= 11 is 5.72. The van der Waals surface area contributed by atoms with Crippen LogP contribution in [0.3, 0.4) is 0 Å². The molecule has 0 amide bonds. The van der Waals surface area contributed by atoms with Crippen molar-refractivity contribution in [1.82, 2.24) is 0 Å². The van der Waals surface area contributed by atoms with Crippen LogP contribution in [0.2, 0.25) is 0 Å². The van der Waals surface area contributed by atoms with Crippen LogP contribution >= 0.6 is 11.6 Å². The van der Waals surface area contributed by atoms with Gasteiger partial charge in [0.05, 0.1) is 6.54 Å². The lowest BCUT2D eigenvalue weighted by molar-refractivity contribution is 1.25. The number of hydrogen-bond acceptors (Lipinski definition) is 1. The fourth-order valence-electron chi connectivity index (χ4n) is 0.961. The first-order valence-corrected chi connectivity index (χ1v) is 4.55. The third-order valence-electron chi connectivity index (χ3n) is 1.60. The summed E-state index contributed by atoms with van der Waals surface area (Å²) in [6.45, 7) is 0.188. The summed E-state index contributed by atoms with van der Waals surface area (Å²) in [4.78, 5) is 2.61. The lowest BCUT2D eigenvalue weighted by Gasteiger charge is -1.97. The van der Waals surface area contributed by atoms with E-state index < -0.39 is 0 Å². The zero-order valence-electron chi connectivity index (χ0n) is 7.44. The van der Waals surface area contributed by atoms with Gasteiger partial charge in [-0.3, -0.25) is 0 Å². The molecule has 0 N–H and O–H groups in total. The van der Waals surface area contributed by atoms with Gasteiger partial charge in [-0.2, -0.15) is 0 Å². The molecular formula is C10H8ClN3. The molecule has 70 valence electrons. The fraction of sp³-hybridized carbons (Fsp3) is 0.200. The lowest BCUT2D eigenvalue weighted by atomic mass is 10.1. The van der Waals surface area contributed by atoms with E-state index in [2.05, 4.69) is 21.9 Å². The summed E-state index contributed by atoms with van der Waals surface area (Å²) in [5.41, 5.74) is 9.91. The van der Waals surface area contributed by atoms with Crippen LogP contribution in [0.15, 0.2) is 29.4 Å². The van der Waals surface area contributed by atoms with E-state index in [1.807, 2.05) is 24.3 Å². The average molecular weight is 206 g/mol. The fourth-order valence-corrected chi connectivity index (χ4v) is 1.19. The molecular weight excluding hydrogens is 198 g/mol. The maximum atomic E-state index is 8.03. The van der Waals surface area contributed by atoms with Gasteiger partial charge in [0.2, 0.25) is 0 Å². The predicted octanol–water partition coefficient (Wildman–Crippen LogP) is 3.09. The Morgan fingerprint density at radius 2 is 2.21 bits per heavy atom. The van der Waals surface area contributed by atoms with Gasteiger partial charge in [0.15, 0.2) is 0 Å². The predicted molar refractivity (Wildman–Crippen MR) is 56.9 cm³/mol. The van der Waals surface area contributed by atoms with Crippen molar-refractivity contribution in [3.8, 4) is 11.8 Å². The molecule has 4 heteroatoms. The standard InChI is InChI=1S/C10H8ClN3/c11-8-10-5-2-1-4-9(10)6-3-7-13-14-12/h1-2,4-5H,7-8H2. The molecule has 0 saturated carbocycles. The largest absolute Gasteiger partial charge is 0.122 e. The number of alkyl halides is 1. The molecule has 0 aromatic heterocycles. The second-order valence-electron chi connectivity index (χ2n) is 2.48. The van der Waals surface area contributed by atoms with Crippen molar-refractivity contribution in [2.45, 2.75) is 5.88 Å². The molecule has 3 nitrogen and oxygen atoms in total. The van der Waals surface area contributed by atoms with Gasteiger partial charge in [-0.05, 0) is 17.2 Å². The summed E-state index contributed by atoms with van der Waals surface area (Å²) in [6.07, 6.45) is 0. The summed E-state index contributed by atoms with van der Waals surface area (Å²) in [5.74, 6) is 6.08. The molecule has 14 heavy (non-hydrogen) atoms. The van der Waals surface area contributed by atoms with Crippen molar-refractivity contribution in [1.29, 1.82) is 0 Å². The van der Waals surface area contributed by atoms with Crippen LogP contribution in [0.4, 0.5) is 0 Å². The van der Waals surface area contributed by atoms with E-state index in [-0.39, 0.29) is 6.54 Å². The Kier molecular flexibility index (Phi) is 4.43. The third kappa shape index (κ3) is 3.02. The number of halogens is 1. The normalized spacial score (nSPS) is 8.36. The second kappa shape index (κ2) is 5.93. The highest BCUT2D eigenvalue weighted by molar-refractivity contribution is 6.17. The number of nitrogens with zero attached hydrogens (tertiary/aromatic N) is 3. The summed E-state index contributed by atoms with van der Waals surface area (Å²) in [6, 6.07) is 7.62. The molecule has 0 bridgehead atoms. The number of rotatable bonds is 2. The van der Waals surface area contributed by atoms with Crippen LogP contribution in [0.1, 0.15) is 11.1 Å². The molecule has 0 fully saturated rings. The average Bonchev–Trinajstić information content (AvgIpc) is 2.25. The number of benzene rings is 1. The van der Waals surface area contributed by atoms with E-state index in [1.54, 1.807) is 0 Å². The SMILES string of the molecule is [N-]=[N+]=NCC#Cc1ccccc1CCl. The van der Waals surface area contributed by atoms with Gasteiger partial charge in [0, 0.05) is 16.4 Å². The van der Waals surface area contributed by atoms with E-state index in [0.717, 1.165) is 11.1 Å². The van der Waals surface area contributed by atoms with E-state index in [4.69, 9.17) is 17.1 Å². The third-order valence-corrected chi connectivity index (χ3v) is 1.89. The molecule has 0 atom stereocenters. The summed E-state index contributed by atoms with van der Waals surface area (Å²) in [5, 5.41) is 3.32. The van der Waals surface area contributed by atoms with Gasteiger partial charge in [-0.25, -0.2) is 0 Å². The lowest BCUT2D eigenvalue weighted by Crippen LogP contribution is -1.84. The monoisotopic (exact) mass is 205 g/mol. The van der Waals surface area contributed by atoms with Crippen molar-refractivity contribution < 1.29 is 0 Å². The Morgan fingerprint density at radius 1 is 1.43 bits per heavy atom. The van der Waals surface area contributed by atoms with Crippen LogP contribution in [-0.2, 0) is 5.88 Å². The van der Waals surface area contributed by atoms with E-state index in [9.17, 15) is 0 Å². The van der Waals surface area contributed by atoms with Gasteiger partial charge in [-0.15, -0.1) is 11.6 Å². The van der Waals surface area contributed by atoms with Crippen molar-refractivity contribution in [2.24, 2.45) is 5.11 Å². The van der Waals surface area contributed by atoms with E-state index >= 15 is 0 Å². The summed E-state index contributed by atoms with van der Waals surface area (Å²) in [7, 11) is 0. The molecule has 0 spiro atoms. The molecule has 0 unspecified atom stereocenters. The van der Waals surface area contributed by atoms with E-state index in [0.29, 0.717) is 5.88 Å². The highest BCUT2D eigenvalue weighted by atomic mass is 35.5. The molecule has 0 aliphatic carbocycles. The minimum absolute atomic E-state index is 0.188. The zero-order chi connectivity index (χ0) is 10.2. The van der Waals surface area contributed by atoms with Crippen molar-refractivity contribution >= 4 is 11.6 Å². The molecule has 1 aromatic rings. The molecule has 0 aliphatic rings. The molecule has 0 saturated heterocycles. The minimum atomic E-state index is 0.188. The zero-order valence-corrected chi connectivity index (χ0v) is 8.20. The minimum Gasteiger partial charge on any atom is -0.122 e. The molecule has 0 radical (unpaired) electrons. The first-order valence-electron chi connectivity index (χ1n) is 4.02. The first kappa shape index (κ1) is 10.5. The maximum absolute atomic E-state index is 8.03. The topological polar surface area (TPSA) is 48.8 Å². The van der Waals surface area contributed by atoms with Crippen molar-refractivity contribution in [3.05, 3.63) is 45.8 Å². The Hall–Kier alpha value is -1.62. The Morgan fingerprint density at radius 3 is 2.93 bits per heavy atom. The highest BCUT2D eigenvalue weighted by Crippen LogP contribution is 2.09. The molecule has 1 rings (SSSR count). The van der Waals surface area contributed by atoms with Crippen LogP contribution in [0.25, 0.3) is 10.4 Å². The number of hydrogen-bond donors (Lipinski definition) is 0. The van der Waals surface area contributed by atoms with Crippen LogP contribution in [0, 0.1) is 11.8 Å². The second-order valence-corrected chi connectivity index (χ2v) is 2.75. The highest BCUT2D eigenvalue weighted by Gasteiger charge is 1.94. The molecule has 1 aromatic carbocycles. The Balaban J connectivity index is 2.82. The van der Waals surface area contributed by atoms with Gasteiger partial charge in [-0.1, -0.05) is 35.2 Å². The van der Waals surface area contributed by atoms with Gasteiger partial charge < -0.3 is 0 Å². The number of azide groups is 1. The van der Waals surface area contributed by atoms with Crippen LogP contribution < -0.4 is 0 Å². The summed E-state index contributed by atoms with van der Waals surface area (Å²) < 4.78 is 0. The van der Waals surface area contributed by atoms with Gasteiger partial charge in [0.25, 0.3) is 0 Å². The maximum Gasteiger partial charge on any atom is 0.0880 e. The Labute approximate surface area is 87.3 Å². The van der Waals surface area contributed by atoms with E-state index in [1.165, 1.54) is 0 Å². The molecule has 0 heterocycles. The van der Waals surface area contributed by atoms with Crippen LogP contribution in [-0.4, -0.2) is 6.54 Å². The quantitative estimate of drug-likeness (QED) is 0.234. The Bertz CT molecular complexity index is 411. The smallest absolute Gasteiger partial charge is 0.0880 e. The van der Waals surface area contributed by atoms with Crippen molar-refractivity contribution in [3.63, 3.8) is 0 Å². The molecule has 0 aliphatic heterocycles.